The molecule has 2 aromatic heterocycles. The Morgan fingerprint density at radius 1 is 0.613 bits per heavy atom. The molecular formula is C45H68N4O13. The van der Waals surface area contributed by atoms with Gasteiger partial charge in [0.2, 0.25) is 0 Å². The van der Waals surface area contributed by atoms with Gasteiger partial charge in [0, 0.05) is 31.8 Å². The number of H-pyrrole nitrogens is 1. The summed E-state index contributed by atoms with van der Waals surface area (Å²) >= 11 is 0. The quantitative estimate of drug-likeness (QED) is 0.0511. The third kappa shape index (κ3) is 17.8. The second-order valence-electron chi connectivity index (χ2n) is 15.4. The van der Waals surface area contributed by atoms with Gasteiger partial charge in [0.25, 0.3) is 5.56 Å². The molecule has 62 heavy (non-hydrogen) atoms. The predicted octanol–water partition coefficient (Wildman–Crippen LogP) is 4.27. The van der Waals surface area contributed by atoms with E-state index in [2.05, 4.69) is 4.98 Å². The minimum atomic E-state index is -0.478. The predicted molar refractivity (Wildman–Crippen MR) is 232 cm³/mol. The number of hydrogen-bond acceptors (Lipinski definition) is 14. The number of rotatable bonds is 34. The minimum absolute atomic E-state index is 0.118. The molecule has 346 valence electrons. The molecule has 2 saturated carbocycles. The summed E-state index contributed by atoms with van der Waals surface area (Å²) in [7, 11) is 1.64. The molecule has 0 aliphatic heterocycles. The first-order valence-corrected chi connectivity index (χ1v) is 22.3. The fourth-order valence-electron chi connectivity index (χ4n) is 7.48. The number of nitrogens with one attached hydrogen (secondary N) is 1. The van der Waals surface area contributed by atoms with Crippen LogP contribution in [-0.2, 0) is 65.3 Å². The van der Waals surface area contributed by atoms with Crippen molar-refractivity contribution in [1.82, 2.24) is 19.1 Å². The van der Waals surface area contributed by atoms with Gasteiger partial charge in [-0.15, -0.1) is 0 Å². The van der Waals surface area contributed by atoms with Crippen LogP contribution in [0, 0.1) is 11.8 Å². The zero-order chi connectivity index (χ0) is 43.5. The molecule has 2 heterocycles. The standard InChI is InChI=1S/C45H68N4O13/c1-53-16-17-54-18-19-55-20-21-56-22-23-57-24-25-58-26-27-59-28-29-60-30-31-61-32-33-62-40(50)15-12-36-10-13-39(14-11-36)42-46-41-43(47-42)48(34-37-6-2-3-7-37)45(52)49(44(41)51)35-38-8-4-5-9-38/h10-15,37-38H,2-9,16-35H2,1H3,(H,46,47). The first kappa shape index (κ1) is 49.2. The Kier molecular flexibility index (Phi) is 23.5. The van der Waals surface area contributed by atoms with Gasteiger partial charge in [0.1, 0.15) is 17.9 Å². The van der Waals surface area contributed by atoms with E-state index in [1.807, 2.05) is 24.3 Å². The number of aromatic amines is 1. The Morgan fingerprint density at radius 3 is 1.48 bits per heavy atom. The van der Waals surface area contributed by atoms with Gasteiger partial charge in [-0.2, -0.15) is 0 Å². The summed E-state index contributed by atoms with van der Waals surface area (Å²) in [5, 5.41) is 0. The van der Waals surface area contributed by atoms with Crippen LogP contribution in [0.15, 0.2) is 39.9 Å². The van der Waals surface area contributed by atoms with Crippen molar-refractivity contribution >= 4 is 23.2 Å². The van der Waals surface area contributed by atoms with Crippen LogP contribution in [0.5, 0.6) is 0 Å². The van der Waals surface area contributed by atoms with Crippen molar-refractivity contribution in [2.75, 3.05) is 126 Å². The van der Waals surface area contributed by atoms with E-state index in [4.69, 9.17) is 52.4 Å². The lowest BCUT2D eigenvalue weighted by molar-refractivity contribution is -0.139. The van der Waals surface area contributed by atoms with Crippen LogP contribution in [0.4, 0.5) is 0 Å². The molecule has 1 aromatic carbocycles. The number of aromatic nitrogens is 4. The fraction of sp³-hybridized carbons (Fsp3) is 0.689. The summed E-state index contributed by atoms with van der Waals surface area (Å²) in [5.41, 5.74) is 1.80. The van der Waals surface area contributed by atoms with Crippen LogP contribution in [0.3, 0.4) is 0 Å². The van der Waals surface area contributed by atoms with Gasteiger partial charge in [0.15, 0.2) is 5.65 Å². The van der Waals surface area contributed by atoms with Crippen molar-refractivity contribution < 1.29 is 52.2 Å². The van der Waals surface area contributed by atoms with Gasteiger partial charge in [-0.05, 0) is 49.2 Å². The van der Waals surface area contributed by atoms with E-state index in [1.54, 1.807) is 17.8 Å². The van der Waals surface area contributed by atoms with Gasteiger partial charge in [0.05, 0.1) is 112 Å². The van der Waals surface area contributed by atoms with Crippen LogP contribution in [0.25, 0.3) is 28.6 Å². The normalized spacial score (nSPS) is 14.9. The van der Waals surface area contributed by atoms with Crippen LogP contribution in [0.2, 0.25) is 0 Å². The summed E-state index contributed by atoms with van der Waals surface area (Å²) < 4.78 is 57.0. The lowest BCUT2D eigenvalue weighted by Crippen LogP contribution is -2.42. The minimum Gasteiger partial charge on any atom is -0.460 e. The van der Waals surface area contributed by atoms with Crippen molar-refractivity contribution in [1.29, 1.82) is 0 Å². The summed E-state index contributed by atoms with van der Waals surface area (Å²) in [6.45, 7) is 9.18. The second kappa shape index (κ2) is 29.6. The summed E-state index contributed by atoms with van der Waals surface area (Å²) in [6.07, 6.45) is 11.9. The molecule has 0 unspecified atom stereocenters. The molecule has 0 amide bonds. The summed E-state index contributed by atoms with van der Waals surface area (Å²) in [6, 6.07) is 7.47. The number of carbonyl (C=O) groups excluding carboxylic acids is 1. The van der Waals surface area contributed by atoms with Gasteiger partial charge in [-0.3, -0.25) is 13.9 Å². The van der Waals surface area contributed by atoms with Gasteiger partial charge < -0.3 is 52.4 Å². The average molecular weight is 873 g/mol. The van der Waals surface area contributed by atoms with Crippen LogP contribution >= 0.6 is 0 Å². The maximum absolute atomic E-state index is 13.7. The molecule has 0 spiro atoms. The van der Waals surface area contributed by atoms with Crippen molar-refractivity contribution in [3.63, 3.8) is 0 Å². The first-order chi connectivity index (χ1) is 30.5. The summed E-state index contributed by atoms with van der Waals surface area (Å²) in [4.78, 5) is 47.7. The molecule has 0 bridgehead atoms. The second-order valence-corrected chi connectivity index (χ2v) is 15.4. The van der Waals surface area contributed by atoms with Crippen LogP contribution in [0.1, 0.15) is 56.9 Å². The van der Waals surface area contributed by atoms with Crippen LogP contribution in [-0.4, -0.2) is 151 Å². The van der Waals surface area contributed by atoms with E-state index >= 15 is 0 Å². The largest absolute Gasteiger partial charge is 0.460 e. The molecule has 3 aromatic rings. The van der Waals surface area contributed by atoms with Gasteiger partial charge in [-0.1, -0.05) is 49.9 Å². The number of esters is 1. The van der Waals surface area contributed by atoms with Crippen molar-refractivity contribution in [3.8, 4) is 11.4 Å². The molecular weight excluding hydrogens is 805 g/mol. The topological polar surface area (TPSA) is 182 Å². The third-order valence-electron chi connectivity index (χ3n) is 10.8. The Hall–Kier alpha value is -3.78. The highest BCUT2D eigenvalue weighted by Crippen LogP contribution is 2.28. The van der Waals surface area contributed by atoms with Gasteiger partial charge >= 0.3 is 11.7 Å². The number of hydrogen-bond donors (Lipinski definition) is 1. The molecule has 0 atom stereocenters. The molecule has 5 rings (SSSR count). The highest BCUT2D eigenvalue weighted by molar-refractivity contribution is 5.87. The zero-order valence-electron chi connectivity index (χ0n) is 36.6. The number of ether oxygens (including phenoxy) is 10. The summed E-state index contributed by atoms with van der Waals surface area (Å²) in [5.74, 6) is 0.805. The average Bonchev–Trinajstić information content (AvgIpc) is 4.10. The highest BCUT2D eigenvalue weighted by Gasteiger charge is 2.25. The Labute approximate surface area is 364 Å². The number of imidazole rings is 1. The van der Waals surface area contributed by atoms with E-state index < -0.39 is 5.97 Å². The van der Waals surface area contributed by atoms with Crippen molar-refractivity contribution in [3.05, 3.63) is 56.7 Å². The van der Waals surface area contributed by atoms with Crippen LogP contribution < -0.4 is 11.2 Å². The van der Waals surface area contributed by atoms with Crippen molar-refractivity contribution in [2.45, 2.75) is 64.5 Å². The van der Waals surface area contributed by atoms with E-state index in [1.165, 1.54) is 23.5 Å². The van der Waals surface area contributed by atoms with E-state index in [0.717, 1.165) is 49.7 Å². The maximum atomic E-state index is 13.7. The molecule has 17 nitrogen and oxygen atoms in total. The molecule has 2 aliphatic carbocycles. The monoisotopic (exact) mass is 872 g/mol. The molecule has 0 radical (unpaired) electrons. The fourth-order valence-corrected chi connectivity index (χ4v) is 7.48. The molecule has 2 fully saturated rings. The van der Waals surface area contributed by atoms with E-state index in [-0.39, 0.29) is 24.5 Å². The molecule has 2 aliphatic rings. The highest BCUT2D eigenvalue weighted by atomic mass is 16.6. The number of carbonyl (C=O) groups is 1. The first-order valence-electron chi connectivity index (χ1n) is 22.3. The smallest absolute Gasteiger partial charge is 0.332 e. The Morgan fingerprint density at radius 2 is 1.03 bits per heavy atom. The Balaban J connectivity index is 0.869. The molecule has 0 saturated heterocycles. The SMILES string of the molecule is COCCOCCOCCOCCOCCOCCOCCOCCOCCOC(=O)C=Cc1ccc(-c2nc3c([nH]2)c(=O)n(CC2CCCC2)c(=O)n3CC2CCCC2)cc1. The number of benzene rings is 1. The van der Waals surface area contributed by atoms with Crippen molar-refractivity contribution in [2.24, 2.45) is 11.8 Å². The number of nitrogens with zero attached hydrogens (tertiary/aromatic N) is 3. The van der Waals surface area contributed by atoms with Gasteiger partial charge in [-0.25, -0.2) is 14.6 Å². The number of fused-ring (bicyclic) bond motifs is 1. The third-order valence-corrected chi connectivity index (χ3v) is 10.8. The maximum Gasteiger partial charge on any atom is 0.332 e. The Bertz CT molecular complexity index is 1830. The van der Waals surface area contributed by atoms with E-state index in [9.17, 15) is 14.4 Å². The lowest BCUT2D eigenvalue weighted by atomic mass is 10.1. The van der Waals surface area contributed by atoms with E-state index in [0.29, 0.717) is 148 Å². The lowest BCUT2D eigenvalue weighted by Gasteiger charge is -2.16. The number of methoxy groups -OCH3 is 1. The zero-order valence-corrected chi connectivity index (χ0v) is 36.6. The molecule has 17 heteroatoms. The molecule has 1 N–H and O–H groups in total.